The molecule has 1 amide bonds. The van der Waals surface area contributed by atoms with Crippen molar-refractivity contribution in [3.8, 4) is 11.1 Å². The molecule has 1 unspecified atom stereocenters. The summed E-state index contributed by atoms with van der Waals surface area (Å²) in [7, 11) is 0. The molecule has 7 nitrogen and oxygen atoms in total. The topological polar surface area (TPSA) is 81.1 Å². The molecule has 1 fully saturated rings. The quantitative estimate of drug-likeness (QED) is 0.266. The number of aliphatic imine (C=N–C) groups is 1. The SMILES string of the molecule is Cc1cccc(C(=O)N=CC(NO)N2CCN(c3ccnc4cc(-c5cc(F)ccc5F)ccc34)CC2)c1C. The number of benzene rings is 3. The van der Waals surface area contributed by atoms with Crippen LogP contribution in [-0.4, -0.2) is 59.6 Å². The lowest BCUT2D eigenvalue weighted by molar-refractivity contribution is 0.0663. The number of halogens is 2. The molecule has 1 aliphatic heterocycles. The highest BCUT2D eigenvalue weighted by atomic mass is 19.1. The monoisotopic (exact) mass is 529 g/mol. The van der Waals surface area contributed by atoms with Crippen molar-refractivity contribution in [2.75, 3.05) is 31.1 Å². The molecule has 1 aliphatic rings. The number of nitrogens with zero attached hydrogens (tertiary/aromatic N) is 4. The molecule has 5 rings (SSSR count). The lowest BCUT2D eigenvalue weighted by Crippen LogP contribution is -2.55. The fraction of sp³-hybridized carbons (Fsp3) is 0.233. The van der Waals surface area contributed by atoms with E-state index in [9.17, 15) is 18.8 Å². The van der Waals surface area contributed by atoms with Crippen LogP contribution in [0.25, 0.3) is 22.0 Å². The normalized spacial score (nSPS) is 15.3. The molecular formula is C30H29F2N5O2. The Balaban J connectivity index is 1.29. The van der Waals surface area contributed by atoms with Gasteiger partial charge in [0.1, 0.15) is 17.8 Å². The van der Waals surface area contributed by atoms with Crippen LogP contribution in [0.5, 0.6) is 0 Å². The largest absolute Gasteiger partial charge is 0.368 e. The van der Waals surface area contributed by atoms with Gasteiger partial charge in [-0.2, -0.15) is 5.48 Å². The van der Waals surface area contributed by atoms with E-state index in [4.69, 9.17) is 0 Å². The highest BCUT2D eigenvalue weighted by Gasteiger charge is 2.24. The Labute approximate surface area is 225 Å². The van der Waals surface area contributed by atoms with Gasteiger partial charge in [0.2, 0.25) is 0 Å². The maximum atomic E-state index is 14.3. The second-order valence-electron chi connectivity index (χ2n) is 9.61. The van der Waals surface area contributed by atoms with Crippen LogP contribution in [0.1, 0.15) is 21.5 Å². The number of pyridine rings is 1. The maximum Gasteiger partial charge on any atom is 0.277 e. The van der Waals surface area contributed by atoms with Crippen molar-refractivity contribution >= 4 is 28.7 Å². The summed E-state index contributed by atoms with van der Waals surface area (Å²) in [6, 6.07) is 16.3. The Kier molecular flexibility index (Phi) is 7.74. The van der Waals surface area contributed by atoms with Crippen LogP contribution >= 0.6 is 0 Å². The highest BCUT2D eigenvalue weighted by molar-refractivity contribution is 6.00. The molecule has 2 N–H and O–H groups in total. The van der Waals surface area contributed by atoms with E-state index >= 15 is 0 Å². The number of aryl methyl sites for hydroxylation is 1. The second-order valence-corrected chi connectivity index (χ2v) is 9.61. The Morgan fingerprint density at radius 2 is 1.85 bits per heavy atom. The number of piperazine rings is 1. The first-order valence-electron chi connectivity index (χ1n) is 12.7. The highest BCUT2D eigenvalue weighted by Crippen LogP contribution is 2.31. The first kappa shape index (κ1) is 26.6. The van der Waals surface area contributed by atoms with Crippen molar-refractivity contribution in [3.05, 3.63) is 95.2 Å². The van der Waals surface area contributed by atoms with Gasteiger partial charge in [-0.3, -0.25) is 14.7 Å². The Morgan fingerprint density at radius 1 is 1.05 bits per heavy atom. The molecule has 2 heterocycles. The molecule has 0 bridgehead atoms. The number of hydrogen-bond acceptors (Lipinski definition) is 6. The van der Waals surface area contributed by atoms with Gasteiger partial charge >= 0.3 is 0 Å². The van der Waals surface area contributed by atoms with E-state index in [1.165, 1.54) is 12.3 Å². The Hall–Kier alpha value is -4.05. The first-order chi connectivity index (χ1) is 18.9. The predicted octanol–water partition coefficient (Wildman–Crippen LogP) is 5.13. The second kappa shape index (κ2) is 11.4. The van der Waals surface area contributed by atoms with Crippen molar-refractivity contribution in [1.29, 1.82) is 0 Å². The van der Waals surface area contributed by atoms with Gasteiger partial charge in [0.05, 0.1) is 5.52 Å². The van der Waals surface area contributed by atoms with Crippen LogP contribution in [0.15, 0.2) is 71.9 Å². The third-order valence-corrected chi connectivity index (χ3v) is 7.31. The van der Waals surface area contributed by atoms with Crippen LogP contribution in [0.4, 0.5) is 14.5 Å². The number of amides is 1. The molecule has 0 saturated carbocycles. The van der Waals surface area contributed by atoms with E-state index in [1.807, 2.05) is 43.0 Å². The molecule has 9 heteroatoms. The van der Waals surface area contributed by atoms with E-state index in [-0.39, 0.29) is 11.5 Å². The van der Waals surface area contributed by atoms with E-state index < -0.39 is 17.8 Å². The van der Waals surface area contributed by atoms with Crippen molar-refractivity contribution in [2.45, 2.75) is 20.0 Å². The molecule has 0 spiro atoms. The van der Waals surface area contributed by atoms with Crippen molar-refractivity contribution in [3.63, 3.8) is 0 Å². The average molecular weight is 530 g/mol. The molecule has 1 saturated heterocycles. The third kappa shape index (κ3) is 5.56. The number of aromatic nitrogens is 1. The van der Waals surface area contributed by atoms with Crippen LogP contribution in [0, 0.1) is 25.5 Å². The van der Waals surface area contributed by atoms with Gasteiger partial charge in [0, 0.05) is 60.8 Å². The summed E-state index contributed by atoms with van der Waals surface area (Å²) in [5, 5.41) is 10.7. The number of fused-ring (bicyclic) bond motifs is 1. The van der Waals surface area contributed by atoms with Gasteiger partial charge in [-0.15, -0.1) is 0 Å². The van der Waals surface area contributed by atoms with E-state index in [0.29, 0.717) is 42.8 Å². The zero-order chi connectivity index (χ0) is 27.5. The molecule has 4 aromatic rings. The van der Waals surface area contributed by atoms with Gasteiger partial charge in [-0.25, -0.2) is 13.8 Å². The number of carbonyl (C=O) groups excluding carboxylic acids is 1. The zero-order valence-electron chi connectivity index (χ0n) is 21.7. The number of hydroxylamine groups is 1. The smallest absolute Gasteiger partial charge is 0.277 e. The number of anilines is 1. The maximum absolute atomic E-state index is 14.3. The van der Waals surface area contributed by atoms with E-state index in [1.54, 1.807) is 24.4 Å². The summed E-state index contributed by atoms with van der Waals surface area (Å²) in [5.74, 6) is -1.34. The summed E-state index contributed by atoms with van der Waals surface area (Å²) in [6.45, 7) is 6.38. The van der Waals surface area contributed by atoms with Gasteiger partial charge in [-0.1, -0.05) is 24.3 Å². The average Bonchev–Trinajstić information content (AvgIpc) is 2.95. The van der Waals surface area contributed by atoms with Gasteiger partial charge < -0.3 is 10.1 Å². The van der Waals surface area contributed by atoms with E-state index in [2.05, 4.69) is 20.4 Å². The third-order valence-electron chi connectivity index (χ3n) is 7.31. The molecule has 0 aliphatic carbocycles. The summed E-state index contributed by atoms with van der Waals surface area (Å²) < 4.78 is 28.1. The predicted molar refractivity (Wildman–Crippen MR) is 148 cm³/mol. The van der Waals surface area contributed by atoms with Crippen LogP contribution in [0.3, 0.4) is 0 Å². The van der Waals surface area contributed by atoms with Crippen LogP contribution < -0.4 is 10.4 Å². The number of rotatable bonds is 6. The minimum atomic E-state index is -0.612. The van der Waals surface area contributed by atoms with E-state index in [0.717, 1.165) is 34.3 Å². The number of nitrogens with one attached hydrogen (secondary N) is 1. The summed E-state index contributed by atoms with van der Waals surface area (Å²) in [6.07, 6.45) is 2.53. The minimum Gasteiger partial charge on any atom is -0.368 e. The Bertz CT molecular complexity index is 1550. The molecular weight excluding hydrogens is 500 g/mol. The molecule has 3 aromatic carbocycles. The lowest BCUT2D eigenvalue weighted by atomic mass is 10.0. The van der Waals surface area contributed by atoms with Crippen LogP contribution in [0.2, 0.25) is 0 Å². The van der Waals surface area contributed by atoms with Gasteiger partial charge in [0.25, 0.3) is 5.91 Å². The first-order valence-corrected chi connectivity index (χ1v) is 12.7. The molecule has 0 radical (unpaired) electrons. The van der Waals surface area contributed by atoms with Crippen molar-refractivity contribution in [2.24, 2.45) is 4.99 Å². The standard InChI is InChI=1S/C30H29F2N5O2/c1-19-4-3-5-23(20(19)2)30(38)34-18-29(35-39)37-14-12-36(13-15-37)28-10-11-33-27-16-21(6-8-24(27)28)25-17-22(31)7-9-26(25)32/h3-11,16-18,29,35,39H,12-15H2,1-2H3. The van der Waals surface area contributed by atoms with Gasteiger partial charge in [-0.05, 0) is 66.9 Å². The molecule has 200 valence electrons. The minimum absolute atomic E-state index is 0.193. The summed E-state index contributed by atoms with van der Waals surface area (Å²) in [4.78, 5) is 25.4. The summed E-state index contributed by atoms with van der Waals surface area (Å²) in [5.41, 5.74) is 7.12. The molecule has 1 aromatic heterocycles. The van der Waals surface area contributed by atoms with Gasteiger partial charge in [0.15, 0.2) is 0 Å². The molecule has 1 atom stereocenters. The van der Waals surface area contributed by atoms with Crippen LogP contribution in [-0.2, 0) is 0 Å². The van der Waals surface area contributed by atoms with Crippen molar-refractivity contribution in [1.82, 2.24) is 15.4 Å². The fourth-order valence-electron chi connectivity index (χ4n) is 4.94. The van der Waals surface area contributed by atoms with Crippen molar-refractivity contribution < 1.29 is 18.8 Å². The number of carbonyl (C=O) groups is 1. The fourth-order valence-corrected chi connectivity index (χ4v) is 4.94. The molecule has 39 heavy (non-hydrogen) atoms. The Morgan fingerprint density at radius 3 is 2.62 bits per heavy atom. The lowest BCUT2D eigenvalue weighted by Gasteiger charge is -2.38. The zero-order valence-corrected chi connectivity index (χ0v) is 21.7. The summed E-state index contributed by atoms with van der Waals surface area (Å²) >= 11 is 0. The number of hydrogen-bond donors (Lipinski definition) is 2.